The van der Waals surface area contributed by atoms with Crippen LogP contribution in [0.2, 0.25) is 0 Å². The van der Waals surface area contributed by atoms with E-state index < -0.39 is 0 Å². The maximum Gasteiger partial charge on any atom is 0.246 e. The van der Waals surface area contributed by atoms with E-state index in [9.17, 15) is 4.79 Å². The summed E-state index contributed by atoms with van der Waals surface area (Å²) in [6.07, 6.45) is 3.99. The zero-order valence-electron chi connectivity index (χ0n) is 8.29. The Morgan fingerprint density at radius 2 is 2.15 bits per heavy atom. The lowest BCUT2D eigenvalue weighted by Crippen LogP contribution is -2.38. The minimum absolute atomic E-state index is 0.00819. The average molecular weight is 186 g/mol. The van der Waals surface area contributed by atoms with Crippen LogP contribution in [0, 0.1) is 5.92 Å². The Kier molecular flexibility index (Phi) is 3.69. The van der Waals surface area contributed by atoms with Crippen molar-refractivity contribution >= 4 is 5.91 Å². The molecule has 0 aromatic rings. The highest BCUT2D eigenvalue weighted by atomic mass is 16.5. The van der Waals surface area contributed by atoms with Crippen molar-refractivity contribution in [3.8, 4) is 0 Å². The van der Waals surface area contributed by atoms with E-state index in [1.165, 1.54) is 0 Å². The molecular weight excluding hydrogens is 168 g/mol. The highest BCUT2D eigenvalue weighted by molar-refractivity contribution is 5.77. The zero-order chi connectivity index (χ0) is 9.84. The predicted octanol–water partition coefficient (Wildman–Crippen LogP) is 0.612. The van der Waals surface area contributed by atoms with Crippen LogP contribution in [0.15, 0.2) is 0 Å². The molecule has 1 rings (SSSR count). The molecule has 2 N–H and O–H groups in total. The number of hydroxylamine groups is 1. The molecule has 0 radical (unpaired) electrons. The van der Waals surface area contributed by atoms with E-state index in [-0.39, 0.29) is 11.8 Å². The van der Waals surface area contributed by atoms with Gasteiger partial charge in [-0.3, -0.25) is 10.0 Å². The first-order valence-electron chi connectivity index (χ1n) is 4.75. The molecule has 0 aliphatic heterocycles. The number of carbonyl (C=O) groups is 1. The van der Waals surface area contributed by atoms with E-state index in [2.05, 4.69) is 4.90 Å². The van der Waals surface area contributed by atoms with Crippen LogP contribution in [0.4, 0.5) is 0 Å². The molecule has 1 amide bonds. The molecule has 0 bridgehead atoms. The highest BCUT2D eigenvalue weighted by Crippen LogP contribution is 2.26. The van der Waals surface area contributed by atoms with Crippen molar-refractivity contribution in [2.45, 2.75) is 31.7 Å². The first-order valence-corrected chi connectivity index (χ1v) is 4.75. The minimum Gasteiger partial charge on any atom is -0.306 e. The standard InChI is InChI=1S/C9H18N2O2/c1-11(2)8-5-3-4-7(6-8)9(12)10-13/h7-8,13H,3-6H2,1-2H3,(H,10,12). The molecule has 1 aliphatic carbocycles. The third kappa shape index (κ3) is 2.67. The van der Waals surface area contributed by atoms with Crippen molar-refractivity contribution in [2.24, 2.45) is 5.92 Å². The molecule has 1 fully saturated rings. The van der Waals surface area contributed by atoms with Gasteiger partial charge in [0.1, 0.15) is 0 Å². The van der Waals surface area contributed by atoms with E-state index >= 15 is 0 Å². The topological polar surface area (TPSA) is 52.6 Å². The summed E-state index contributed by atoms with van der Waals surface area (Å²) in [5.74, 6) is -0.238. The zero-order valence-corrected chi connectivity index (χ0v) is 8.29. The number of nitrogens with zero attached hydrogens (tertiary/aromatic N) is 1. The van der Waals surface area contributed by atoms with Gasteiger partial charge in [-0.1, -0.05) is 6.42 Å². The van der Waals surface area contributed by atoms with Crippen molar-refractivity contribution in [3.05, 3.63) is 0 Å². The van der Waals surface area contributed by atoms with Crippen molar-refractivity contribution < 1.29 is 10.0 Å². The van der Waals surface area contributed by atoms with Crippen LogP contribution in [0.25, 0.3) is 0 Å². The van der Waals surface area contributed by atoms with Crippen molar-refractivity contribution in [2.75, 3.05) is 14.1 Å². The van der Waals surface area contributed by atoms with Crippen LogP contribution >= 0.6 is 0 Å². The molecule has 4 nitrogen and oxygen atoms in total. The predicted molar refractivity (Wildman–Crippen MR) is 49.4 cm³/mol. The second-order valence-corrected chi connectivity index (χ2v) is 3.96. The van der Waals surface area contributed by atoms with Crippen LogP contribution in [0.5, 0.6) is 0 Å². The monoisotopic (exact) mass is 186 g/mol. The summed E-state index contributed by atoms with van der Waals surface area (Å²) < 4.78 is 0. The largest absolute Gasteiger partial charge is 0.306 e. The van der Waals surface area contributed by atoms with Gasteiger partial charge in [0.2, 0.25) is 5.91 Å². The van der Waals surface area contributed by atoms with Gasteiger partial charge in [0.05, 0.1) is 0 Å². The molecule has 1 saturated carbocycles. The molecule has 0 aromatic carbocycles. The van der Waals surface area contributed by atoms with Gasteiger partial charge in [0.25, 0.3) is 0 Å². The van der Waals surface area contributed by atoms with E-state index in [4.69, 9.17) is 5.21 Å². The summed E-state index contributed by atoms with van der Waals surface area (Å²) in [5, 5.41) is 8.50. The van der Waals surface area contributed by atoms with Gasteiger partial charge in [0, 0.05) is 12.0 Å². The van der Waals surface area contributed by atoms with Gasteiger partial charge in [-0.25, -0.2) is 5.48 Å². The molecule has 4 heteroatoms. The van der Waals surface area contributed by atoms with Crippen LogP contribution in [-0.2, 0) is 4.79 Å². The van der Waals surface area contributed by atoms with Crippen LogP contribution in [-0.4, -0.2) is 36.2 Å². The van der Waals surface area contributed by atoms with E-state index in [1.54, 1.807) is 5.48 Å². The molecule has 0 saturated heterocycles. The highest BCUT2D eigenvalue weighted by Gasteiger charge is 2.27. The second-order valence-electron chi connectivity index (χ2n) is 3.96. The molecule has 13 heavy (non-hydrogen) atoms. The number of hydrogen-bond donors (Lipinski definition) is 2. The number of rotatable bonds is 2. The molecule has 2 atom stereocenters. The molecule has 0 spiro atoms. The quantitative estimate of drug-likeness (QED) is 0.491. The molecular formula is C9H18N2O2. The van der Waals surface area contributed by atoms with Gasteiger partial charge in [-0.05, 0) is 33.4 Å². The third-order valence-corrected chi connectivity index (χ3v) is 2.86. The Morgan fingerprint density at radius 3 is 2.69 bits per heavy atom. The van der Waals surface area contributed by atoms with Crippen molar-refractivity contribution in [1.29, 1.82) is 0 Å². The summed E-state index contributed by atoms with van der Waals surface area (Å²) >= 11 is 0. The maximum atomic E-state index is 11.2. The molecule has 0 aromatic heterocycles. The van der Waals surface area contributed by atoms with Gasteiger partial charge >= 0.3 is 0 Å². The molecule has 2 unspecified atom stereocenters. The first-order chi connectivity index (χ1) is 6.15. The van der Waals surface area contributed by atoms with Crippen LogP contribution < -0.4 is 5.48 Å². The fourth-order valence-corrected chi connectivity index (χ4v) is 1.96. The summed E-state index contributed by atoms with van der Waals surface area (Å²) in [5.41, 5.74) is 1.74. The maximum absolute atomic E-state index is 11.2. The SMILES string of the molecule is CN(C)C1CCCC(C(=O)NO)C1. The Bertz CT molecular complexity index is 182. The number of amides is 1. The third-order valence-electron chi connectivity index (χ3n) is 2.86. The Morgan fingerprint density at radius 1 is 1.46 bits per heavy atom. The smallest absolute Gasteiger partial charge is 0.246 e. The van der Waals surface area contributed by atoms with Gasteiger partial charge in [-0.15, -0.1) is 0 Å². The Labute approximate surface area is 78.9 Å². The Balaban J connectivity index is 2.46. The second kappa shape index (κ2) is 4.58. The average Bonchev–Trinajstić information content (AvgIpc) is 2.17. The van der Waals surface area contributed by atoms with E-state index in [0.717, 1.165) is 25.7 Å². The van der Waals surface area contributed by atoms with Crippen LogP contribution in [0.3, 0.4) is 0 Å². The number of hydrogen-bond acceptors (Lipinski definition) is 3. The van der Waals surface area contributed by atoms with E-state index in [1.807, 2.05) is 14.1 Å². The molecule has 76 valence electrons. The van der Waals surface area contributed by atoms with Crippen molar-refractivity contribution in [3.63, 3.8) is 0 Å². The van der Waals surface area contributed by atoms with E-state index in [0.29, 0.717) is 6.04 Å². The fraction of sp³-hybridized carbons (Fsp3) is 0.889. The summed E-state index contributed by atoms with van der Waals surface area (Å²) in [6.45, 7) is 0. The fourth-order valence-electron chi connectivity index (χ4n) is 1.96. The van der Waals surface area contributed by atoms with Gasteiger partial charge in [0.15, 0.2) is 0 Å². The summed E-state index contributed by atoms with van der Waals surface area (Å²) in [6, 6.07) is 0.482. The molecule has 1 aliphatic rings. The van der Waals surface area contributed by atoms with Crippen molar-refractivity contribution in [1.82, 2.24) is 10.4 Å². The lowest BCUT2D eigenvalue weighted by Gasteiger charge is -2.32. The van der Waals surface area contributed by atoms with Gasteiger partial charge in [-0.2, -0.15) is 0 Å². The van der Waals surface area contributed by atoms with Gasteiger partial charge < -0.3 is 4.90 Å². The first kappa shape index (κ1) is 10.5. The van der Waals surface area contributed by atoms with Crippen LogP contribution in [0.1, 0.15) is 25.7 Å². The number of nitrogens with one attached hydrogen (secondary N) is 1. The number of carbonyl (C=O) groups excluding carboxylic acids is 1. The summed E-state index contributed by atoms with van der Waals surface area (Å²) in [4.78, 5) is 13.3. The molecule has 0 heterocycles. The lowest BCUT2D eigenvalue weighted by molar-refractivity contribution is -0.135. The lowest BCUT2D eigenvalue weighted by atomic mass is 9.85. The Hall–Kier alpha value is -0.610. The minimum atomic E-state index is -0.230. The normalized spacial score (nSPS) is 28.9. The summed E-state index contributed by atoms with van der Waals surface area (Å²) in [7, 11) is 4.06.